The molecule has 1 aliphatic carbocycles. The summed E-state index contributed by atoms with van der Waals surface area (Å²) in [4.78, 5) is 59.2. The Morgan fingerprint density at radius 3 is 1.92 bits per heavy atom. The van der Waals surface area contributed by atoms with Gasteiger partial charge in [0.05, 0.1) is 45.5 Å². The molecule has 50 heavy (non-hydrogen) atoms. The first kappa shape index (κ1) is 36.9. The Balaban J connectivity index is 1.22. The molecule has 3 aromatic carbocycles. The summed E-state index contributed by atoms with van der Waals surface area (Å²) in [7, 11) is 1.22. The molecule has 0 aliphatic heterocycles. The number of hydrogen-bond acceptors (Lipinski definition) is 12. The van der Waals surface area contributed by atoms with E-state index in [0.717, 1.165) is 28.3 Å². The second kappa shape index (κ2) is 18.0. The molecule has 0 heterocycles. The topological polar surface area (TPSA) is 150 Å². The highest BCUT2D eigenvalue weighted by Gasteiger charge is 2.27. The van der Waals surface area contributed by atoms with Crippen molar-refractivity contribution in [3.63, 3.8) is 0 Å². The van der Waals surface area contributed by atoms with Crippen molar-refractivity contribution < 1.29 is 57.1 Å². The van der Waals surface area contributed by atoms with Crippen molar-refractivity contribution in [2.45, 2.75) is 38.5 Å². The fourth-order valence-electron chi connectivity index (χ4n) is 4.99. The Labute approximate surface area is 289 Å². The summed E-state index contributed by atoms with van der Waals surface area (Å²) in [5, 5.41) is 0. The molecule has 4 rings (SSSR count). The summed E-state index contributed by atoms with van der Waals surface area (Å²) in [6.45, 7) is 9.53. The number of hydrogen-bond donors (Lipinski definition) is 0. The summed E-state index contributed by atoms with van der Waals surface area (Å²) in [6, 6.07) is 17.3. The third kappa shape index (κ3) is 10.3. The normalized spacial score (nSPS) is 12.4. The average Bonchev–Trinajstić information content (AvgIpc) is 3.39. The Morgan fingerprint density at radius 1 is 0.720 bits per heavy atom. The molecule has 1 atom stereocenters. The van der Waals surface area contributed by atoms with Crippen LogP contribution in [0.25, 0.3) is 11.1 Å². The van der Waals surface area contributed by atoms with E-state index in [1.165, 1.54) is 7.11 Å². The number of ether oxygens (including phenoxy) is 7. The van der Waals surface area contributed by atoms with Gasteiger partial charge in [0.25, 0.3) is 0 Å². The van der Waals surface area contributed by atoms with Crippen molar-refractivity contribution in [3.05, 3.63) is 102 Å². The van der Waals surface area contributed by atoms with Crippen LogP contribution in [-0.2, 0) is 33.3 Å². The molecular weight excluding hydrogens is 648 g/mol. The van der Waals surface area contributed by atoms with Crippen LogP contribution in [0, 0.1) is 0 Å². The molecule has 0 radical (unpaired) electrons. The van der Waals surface area contributed by atoms with Crippen LogP contribution in [0.1, 0.15) is 60.0 Å². The monoisotopic (exact) mass is 686 g/mol. The average molecular weight is 687 g/mol. The summed E-state index contributed by atoms with van der Waals surface area (Å²) in [5.41, 5.74) is 4.23. The van der Waals surface area contributed by atoms with Crippen LogP contribution >= 0.6 is 0 Å². The Morgan fingerprint density at radius 2 is 1.30 bits per heavy atom. The fraction of sp³-hybridized carbons (Fsp3) is 0.289. The van der Waals surface area contributed by atoms with Crippen molar-refractivity contribution >= 4 is 30.0 Å². The third-order valence-electron chi connectivity index (χ3n) is 7.61. The van der Waals surface area contributed by atoms with E-state index >= 15 is 0 Å². The highest BCUT2D eigenvalue weighted by Crippen LogP contribution is 2.47. The van der Waals surface area contributed by atoms with Crippen LogP contribution in [0.3, 0.4) is 0 Å². The number of benzene rings is 3. The smallest absolute Gasteiger partial charge is 0.493 e. The molecule has 0 spiro atoms. The van der Waals surface area contributed by atoms with Crippen molar-refractivity contribution in [2.24, 2.45) is 0 Å². The zero-order valence-corrected chi connectivity index (χ0v) is 27.9. The minimum absolute atomic E-state index is 0.0109. The van der Waals surface area contributed by atoms with Crippen molar-refractivity contribution in [2.75, 3.05) is 33.5 Å². The van der Waals surface area contributed by atoms with Gasteiger partial charge in [-0.15, -0.1) is 0 Å². The Kier molecular flexibility index (Phi) is 13.3. The van der Waals surface area contributed by atoms with Gasteiger partial charge in [0.2, 0.25) is 0 Å². The molecule has 1 aliphatic rings. The van der Waals surface area contributed by atoms with Crippen molar-refractivity contribution in [1.29, 1.82) is 0 Å². The molecule has 12 heteroatoms. The van der Waals surface area contributed by atoms with Gasteiger partial charge in [-0.2, -0.15) is 0 Å². The Hall–Kier alpha value is -5.91. The molecule has 0 N–H and O–H groups in total. The molecule has 0 bridgehead atoms. The lowest BCUT2D eigenvalue weighted by atomic mass is 9.99. The highest BCUT2D eigenvalue weighted by molar-refractivity contribution is 5.93. The number of carbonyl (C=O) groups is 5. The maximum Gasteiger partial charge on any atom is 0.513 e. The molecule has 262 valence electrons. The van der Waals surface area contributed by atoms with E-state index in [9.17, 15) is 24.0 Å². The van der Waals surface area contributed by atoms with Crippen LogP contribution < -0.4 is 14.2 Å². The lowest BCUT2D eigenvalue weighted by Gasteiger charge is -2.11. The van der Waals surface area contributed by atoms with Gasteiger partial charge in [0.15, 0.2) is 0 Å². The van der Waals surface area contributed by atoms with Gasteiger partial charge >= 0.3 is 30.0 Å². The minimum atomic E-state index is -0.829. The van der Waals surface area contributed by atoms with Gasteiger partial charge in [0, 0.05) is 24.0 Å². The van der Waals surface area contributed by atoms with E-state index in [1.807, 2.05) is 25.1 Å². The molecular formula is C38H38O12. The summed E-state index contributed by atoms with van der Waals surface area (Å²) in [6.07, 6.45) is 1.47. The van der Waals surface area contributed by atoms with Crippen LogP contribution in [0.5, 0.6) is 17.2 Å². The van der Waals surface area contributed by atoms with E-state index in [4.69, 9.17) is 28.4 Å². The van der Waals surface area contributed by atoms with Crippen LogP contribution in [0.4, 0.5) is 4.79 Å². The lowest BCUT2D eigenvalue weighted by molar-refractivity contribution is -0.144. The first-order valence-electron chi connectivity index (χ1n) is 15.9. The maximum absolute atomic E-state index is 12.9. The molecule has 0 fully saturated rings. The number of methoxy groups -OCH3 is 1. The number of unbranched alkanes of at least 4 members (excludes halogenated alkanes) is 1. The van der Waals surface area contributed by atoms with Gasteiger partial charge in [-0.1, -0.05) is 32.2 Å². The first-order chi connectivity index (χ1) is 24.1. The van der Waals surface area contributed by atoms with Crippen molar-refractivity contribution in [1.82, 2.24) is 0 Å². The van der Waals surface area contributed by atoms with Crippen LogP contribution in [0.15, 0.2) is 85.5 Å². The zero-order valence-electron chi connectivity index (χ0n) is 27.9. The second-order valence-corrected chi connectivity index (χ2v) is 11.1. The quantitative estimate of drug-likeness (QED) is 0.0381. The van der Waals surface area contributed by atoms with E-state index in [1.54, 1.807) is 42.5 Å². The van der Waals surface area contributed by atoms with E-state index in [0.29, 0.717) is 42.1 Å². The Bertz CT molecular complexity index is 1740. The SMILES string of the molecule is C=CC(=O)OCCCCOC(=O)Oc1ccc2c(c1)C(C)c1cc(OC(=O)c3ccc(OCCCOC(=O)C(=C)CC(=O)OC)cc3)ccc1-2. The second-order valence-electron chi connectivity index (χ2n) is 11.1. The molecule has 12 nitrogen and oxygen atoms in total. The van der Waals surface area contributed by atoms with E-state index in [-0.39, 0.29) is 44.3 Å². The molecule has 0 amide bonds. The molecule has 0 saturated carbocycles. The summed E-state index contributed by atoms with van der Waals surface area (Å²) >= 11 is 0. The third-order valence-corrected chi connectivity index (χ3v) is 7.61. The number of carbonyl (C=O) groups excluding carboxylic acids is 5. The predicted molar refractivity (Wildman–Crippen MR) is 180 cm³/mol. The largest absolute Gasteiger partial charge is 0.513 e. The number of fused-ring (bicyclic) bond motifs is 3. The van der Waals surface area contributed by atoms with Gasteiger partial charge in [0.1, 0.15) is 17.2 Å². The predicted octanol–water partition coefficient (Wildman–Crippen LogP) is 6.49. The fourth-order valence-corrected chi connectivity index (χ4v) is 4.99. The van der Waals surface area contributed by atoms with Crippen molar-refractivity contribution in [3.8, 4) is 28.4 Å². The van der Waals surface area contributed by atoms with Gasteiger partial charge in [-0.05, 0) is 83.6 Å². The first-order valence-corrected chi connectivity index (χ1v) is 15.9. The summed E-state index contributed by atoms with van der Waals surface area (Å²) in [5.74, 6) is -1.09. The number of esters is 4. The molecule has 0 aromatic heterocycles. The van der Waals surface area contributed by atoms with E-state index in [2.05, 4.69) is 17.9 Å². The molecule has 1 unspecified atom stereocenters. The van der Waals surface area contributed by atoms with Crippen LogP contribution in [-0.4, -0.2) is 63.6 Å². The standard InChI is InChI=1S/C38H38O12/c1-5-34(39)46-17-6-7-18-48-38(43)50-29-14-16-31-30-15-13-28(22-32(30)25(3)33(31)23-29)49-37(42)26-9-11-27(12-10-26)45-19-8-20-47-36(41)24(2)21-35(40)44-4/h5,9-16,22-23,25H,1-2,6-8,17-21H2,3-4H3. The van der Waals surface area contributed by atoms with E-state index < -0.39 is 30.0 Å². The van der Waals surface area contributed by atoms with Gasteiger partial charge in [-0.3, -0.25) is 4.79 Å². The lowest BCUT2D eigenvalue weighted by Crippen LogP contribution is -2.13. The zero-order chi connectivity index (χ0) is 36.0. The maximum atomic E-state index is 12.9. The molecule has 3 aromatic rings. The number of rotatable bonds is 17. The van der Waals surface area contributed by atoms with Gasteiger partial charge in [-0.25, -0.2) is 19.2 Å². The highest BCUT2D eigenvalue weighted by atomic mass is 16.7. The summed E-state index contributed by atoms with van der Waals surface area (Å²) < 4.78 is 36.3. The molecule has 0 saturated heterocycles. The van der Waals surface area contributed by atoms with Crippen LogP contribution in [0.2, 0.25) is 0 Å². The minimum Gasteiger partial charge on any atom is -0.493 e. The van der Waals surface area contributed by atoms with Gasteiger partial charge < -0.3 is 33.2 Å².